The van der Waals surface area contributed by atoms with E-state index in [0.29, 0.717) is 0 Å². The van der Waals surface area contributed by atoms with Crippen LogP contribution < -0.4 is 0 Å². The summed E-state index contributed by atoms with van der Waals surface area (Å²) in [6.45, 7) is 1.23. The molecule has 0 amide bonds. The van der Waals surface area contributed by atoms with Crippen LogP contribution in [0.2, 0.25) is 0 Å². The molecule has 0 spiro atoms. The van der Waals surface area contributed by atoms with Crippen LogP contribution in [0.1, 0.15) is 6.92 Å². The van der Waals surface area contributed by atoms with E-state index in [0.717, 1.165) is 0 Å². The van der Waals surface area contributed by atoms with Crippen LogP contribution in [0.4, 0.5) is 0 Å². The Morgan fingerprint density at radius 1 is 1.31 bits per heavy atom. The highest BCUT2D eigenvalue weighted by atomic mass is 16.6. The molecule has 0 bridgehead atoms. The largest absolute Gasteiger partial charge is 0.463 e. The molecule has 0 saturated heterocycles. The lowest BCUT2D eigenvalue weighted by Crippen LogP contribution is -2.37. The fraction of sp³-hybridized carbons (Fsp3) is 0.875. The Bertz CT molecular complexity index is 143. The number of carbonyl (C=O) groups is 1. The molecule has 0 rings (SSSR count). The monoisotopic (exact) mass is 192 g/mol. The van der Waals surface area contributed by atoms with Crippen molar-refractivity contribution < 1.29 is 24.1 Å². The highest BCUT2D eigenvalue weighted by Crippen LogP contribution is 2.02. The molecule has 0 heterocycles. The zero-order valence-electron chi connectivity index (χ0n) is 8.15. The summed E-state index contributed by atoms with van der Waals surface area (Å²) in [6, 6.07) is 0. The minimum Gasteiger partial charge on any atom is -0.463 e. The highest BCUT2D eigenvalue weighted by Gasteiger charge is 2.21. The van der Waals surface area contributed by atoms with Gasteiger partial charge in [-0.3, -0.25) is 4.79 Å². The Morgan fingerprint density at radius 2 is 1.85 bits per heavy atom. The molecular formula is C8H16O5. The van der Waals surface area contributed by atoms with Crippen LogP contribution in [-0.4, -0.2) is 50.7 Å². The normalized spacial score (nSPS) is 15.1. The molecule has 0 aromatic rings. The number of esters is 1. The molecule has 78 valence electrons. The van der Waals surface area contributed by atoms with E-state index in [2.05, 4.69) is 0 Å². The van der Waals surface area contributed by atoms with Gasteiger partial charge < -0.3 is 19.3 Å². The molecule has 0 aliphatic carbocycles. The van der Waals surface area contributed by atoms with Crippen molar-refractivity contribution in [1.29, 1.82) is 0 Å². The average Bonchev–Trinajstić information content (AvgIpc) is 2.11. The molecule has 0 aromatic heterocycles. The van der Waals surface area contributed by atoms with E-state index < -0.39 is 12.2 Å². The van der Waals surface area contributed by atoms with Crippen molar-refractivity contribution in [2.45, 2.75) is 19.1 Å². The highest BCUT2D eigenvalue weighted by molar-refractivity contribution is 5.65. The fourth-order valence-corrected chi connectivity index (χ4v) is 0.871. The molecule has 1 N–H and O–H groups in total. The smallest absolute Gasteiger partial charge is 0.302 e. The standard InChI is InChI=1S/C8H16O5/c1-6(10)13-5-8(12-3)7(4-9)11-2/h7-9H,4-5H2,1-3H3/t7-,8-/m0/s1. The first-order valence-corrected chi connectivity index (χ1v) is 3.95. The van der Waals surface area contributed by atoms with Gasteiger partial charge in [-0.2, -0.15) is 0 Å². The van der Waals surface area contributed by atoms with Crippen LogP contribution in [0.5, 0.6) is 0 Å². The third-order valence-electron chi connectivity index (χ3n) is 1.65. The lowest BCUT2D eigenvalue weighted by atomic mass is 10.2. The first kappa shape index (κ1) is 12.3. The van der Waals surface area contributed by atoms with Crippen molar-refractivity contribution in [2.24, 2.45) is 0 Å². The summed E-state index contributed by atoms with van der Waals surface area (Å²) >= 11 is 0. The molecule has 5 nitrogen and oxygen atoms in total. The topological polar surface area (TPSA) is 65.0 Å². The molecule has 13 heavy (non-hydrogen) atoms. The van der Waals surface area contributed by atoms with Gasteiger partial charge in [0.05, 0.1) is 6.61 Å². The lowest BCUT2D eigenvalue weighted by Gasteiger charge is -2.22. The van der Waals surface area contributed by atoms with Crippen LogP contribution in [0.25, 0.3) is 0 Å². The molecule has 0 saturated carbocycles. The third kappa shape index (κ3) is 4.82. The average molecular weight is 192 g/mol. The van der Waals surface area contributed by atoms with Gasteiger partial charge in [0.25, 0.3) is 0 Å². The Labute approximate surface area is 77.6 Å². The molecule has 2 atom stereocenters. The van der Waals surface area contributed by atoms with Crippen LogP contribution in [0.15, 0.2) is 0 Å². The summed E-state index contributed by atoms with van der Waals surface area (Å²) in [5.41, 5.74) is 0. The van der Waals surface area contributed by atoms with Gasteiger partial charge in [0, 0.05) is 21.1 Å². The molecule has 5 heteroatoms. The molecule has 0 fully saturated rings. The SMILES string of the molecule is CO[C@@H](CO)[C@H](COC(C)=O)OC. The summed E-state index contributed by atoms with van der Waals surface area (Å²) < 4.78 is 14.6. The van der Waals surface area contributed by atoms with Crippen molar-refractivity contribution in [3.8, 4) is 0 Å². The predicted octanol–water partition coefficient (Wildman–Crippen LogP) is -0.428. The van der Waals surface area contributed by atoms with Gasteiger partial charge in [-0.05, 0) is 0 Å². The Kier molecular flexibility index (Phi) is 6.48. The quantitative estimate of drug-likeness (QED) is 0.578. The summed E-state index contributed by atoms with van der Waals surface area (Å²) in [6.07, 6.45) is -0.900. The van der Waals surface area contributed by atoms with Gasteiger partial charge in [-0.25, -0.2) is 0 Å². The Hall–Kier alpha value is -0.650. The lowest BCUT2D eigenvalue weighted by molar-refractivity contribution is -0.149. The van der Waals surface area contributed by atoms with Crippen LogP contribution in [0, 0.1) is 0 Å². The molecule has 0 aliphatic heterocycles. The molecule has 0 aliphatic rings. The first-order valence-electron chi connectivity index (χ1n) is 3.95. The van der Waals surface area contributed by atoms with E-state index in [1.165, 1.54) is 21.1 Å². The summed E-state index contributed by atoms with van der Waals surface area (Å²) in [5, 5.41) is 8.85. The molecule has 0 unspecified atom stereocenters. The molecule has 0 aromatic carbocycles. The van der Waals surface area contributed by atoms with E-state index in [1.54, 1.807) is 0 Å². The van der Waals surface area contributed by atoms with E-state index in [4.69, 9.17) is 19.3 Å². The van der Waals surface area contributed by atoms with Gasteiger partial charge in [0.1, 0.15) is 18.8 Å². The van der Waals surface area contributed by atoms with Gasteiger partial charge in [0.2, 0.25) is 0 Å². The van der Waals surface area contributed by atoms with Gasteiger partial charge in [-0.15, -0.1) is 0 Å². The number of rotatable bonds is 6. The fourth-order valence-electron chi connectivity index (χ4n) is 0.871. The minimum absolute atomic E-state index is 0.0882. The number of methoxy groups -OCH3 is 2. The number of carbonyl (C=O) groups excluding carboxylic acids is 1. The van der Waals surface area contributed by atoms with Crippen LogP contribution in [0.3, 0.4) is 0 Å². The van der Waals surface area contributed by atoms with Gasteiger partial charge in [-0.1, -0.05) is 0 Å². The molecular weight excluding hydrogens is 176 g/mol. The first-order chi connectivity index (χ1) is 6.15. The number of ether oxygens (including phenoxy) is 3. The third-order valence-corrected chi connectivity index (χ3v) is 1.65. The van der Waals surface area contributed by atoms with E-state index in [9.17, 15) is 4.79 Å². The maximum Gasteiger partial charge on any atom is 0.302 e. The van der Waals surface area contributed by atoms with Gasteiger partial charge >= 0.3 is 5.97 Å². The van der Waals surface area contributed by atoms with E-state index in [1.807, 2.05) is 0 Å². The Balaban J connectivity index is 3.92. The Morgan fingerprint density at radius 3 is 2.15 bits per heavy atom. The minimum atomic E-state index is -0.468. The number of hydrogen-bond acceptors (Lipinski definition) is 5. The maximum absolute atomic E-state index is 10.5. The van der Waals surface area contributed by atoms with Crippen molar-refractivity contribution >= 4 is 5.97 Å². The number of aliphatic hydroxyl groups excluding tert-OH is 1. The predicted molar refractivity (Wildman–Crippen MR) is 45.3 cm³/mol. The van der Waals surface area contributed by atoms with Crippen molar-refractivity contribution in [3.63, 3.8) is 0 Å². The second kappa shape index (κ2) is 6.82. The molecule has 0 radical (unpaired) electrons. The number of aliphatic hydroxyl groups is 1. The summed E-state index contributed by atoms with van der Waals surface area (Å²) in [5.74, 6) is -0.380. The summed E-state index contributed by atoms with van der Waals surface area (Å²) in [4.78, 5) is 10.5. The maximum atomic E-state index is 10.5. The van der Waals surface area contributed by atoms with Gasteiger partial charge in [0.15, 0.2) is 0 Å². The van der Waals surface area contributed by atoms with Crippen molar-refractivity contribution in [1.82, 2.24) is 0 Å². The zero-order chi connectivity index (χ0) is 10.3. The van der Waals surface area contributed by atoms with Crippen molar-refractivity contribution in [3.05, 3.63) is 0 Å². The van der Waals surface area contributed by atoms with E-state index >= 15 is 0 Å². The second-order valence-electron chi connectivity index (χ2n) is 2.53. The zero-order valence-corrected chi connectivity index (χ0v) is 8.15. The number of hydrogen-bond donors (Lipinski definition) is 1. The van der Waals surface area contributed by atoms with Crippen LogP contribution in [-0.2, 0) is 19.0 Å². The van der Waals surface area contributed by atoms with E-state index in [-0.39, 0.29) is 19.2 Å². The van der Waals surface area contributed by atoms with Crippen molar-refractivity contribution in [2.75, 3.05) is 27.4 Å². The summed E-state index contributed by atoms with van der Waals surface area (Å²) in [7, 11) is 2.93. The second-order valence-corrected chi connectivity index (χ2v) is 2.53. The van der Waals surface area contributed by atoms with Crippen LogP contribution >= 0.6 is 0 Å².